The van der Waals surface area contributed by atoms with E-state index >= 15 is 0 Å². The Morgan fingerprint density at radius 2 is 1.88 bits per heavy atom. The molecular weight excluding hydrogens is 328 g/mol. The first-order valence-corrected chi connectivity index (χ1v) is 8.62. The molecule has 0 spiro atoms. The normalized spacial score (nSPS) is 10.7. The summed E-state index contributed by atoms with van der Waals surface area (Å²) in [5, 5.41) is 3.66. The Balaban J connectivity index is 1.73. The van der Waals surface area contributed by atoms with Crippen molar-refractivity contribution in [2.45, 2.75) is 19.8 Å². The van der Waals surface area contributed by atoms with Gasteiger partial charge >= 0.3 is 0 Å². The fourth-order valence-corrected chi connectivity index (χ4v) is 3.01. The standard InChI is InChI=1S/C21H22N2O3/c1-15(24)23-14-19(18-13-17(26-2)10-11-20(18)23)21(25)22-12-6-9-16-7-4-3-5-8-16/h3-5,7-8,10-11,13-14H,6,9,12H2,1-2H3,(H,22,25). The van der Waals surface area contributed by atoms with E-state index in [9.17, 15) is 9.59 Å². The molecule has 0 aliphatic heterocycles. The first-order chi connectivity index (χ1) is 12.6. The second kappa shape index (κ2) is 7.87. The Hall–Kier alpha value is -3.08. The summed E-state index contributed by atoms with van der Waals surface area (Å²) < 4.78 is 6.74. The van der Waals surface area contributed by atoms with E-state index in [-0.39, 0.29) is 11.8 Å². The summed E-state index contributed by atoms with van der Waals surface area (Å²) >= 11 is 0. The Labute approximate surface area is 152 Å². The quantitative estimate of drug-likeness (QED) is 0.690. The summed E-state index contributed by atoms with van der Waals surface area (Å²) in [5.74, 6) is 0.330. The number of nitrogens with zero attached hydrogens (tertiary/aromatic N) is 1. The summed E-state index contributed by atoms with van der Waals surface area (Å²) in [6.45, 7) is 2.05. The van der Waals surface area contributed by atoms with Gasteiger partial charge in [-0.05, 0) is 36.6 Å². The van der Waals surface area contributed by atoms with E-state index in [4.69, 9.17) is 4.74 Å². The van der Waals surface area contributed by atoms with Gasteiger partial charge in [-0.25, -0.2) is 0 Å². The average Bonchev–Trinajstić information content (AvgIpc) is 3.05. The highest BCUT2D eigenvalue weighted by molar-refractivity contribution is 6.09. The number of amides is 1. The minimum atomic E-state index is -0.184. The molecule has 5 nitrogen and oxygen atoms in total. The van der Waals surface area contributed by atoms with E-state index in [0.717, 1.165) is 12.8 Å². The van der Waals surface area contributed by atoms with Crippen LogP contribution in [0.5, 0.6) is 5.75 Å². The molecule has 3 aromatic rings. The lowest BCUT2D eigenvalue weighted by atomic mass is 10.1. The molecule has 26 heavy (non-hydrogen) atoms. The molecule has 134 valence electrons. The molecule has 1 amide bonds. The van der Waals surface area contributed by atoms with Crippen molar-refractivity contribution in [2.75, 3.05) is 13.7 Å². The number of hydrogen-bond acceptors (Lipinski definition) is 3. The Bertz CT molecular complexity index is 929. The fraction of sp³-hybridized carbons (Fsp3) is 0.238. The van der Waals surface area contributed by atoms with Gasteiger partial charge in [0.25, 0.3) is 5.91 Å². The molecule has 0 saturated heterocycles. The maximum absolute atomic E-state index is 12.6. The van der Waals surface area contributed by atoms with Gasteiger partial charge in [-0.1, -0.05) is 30.3 Å². The molecule has 0 aliphatic carbocycles. The van der Waals surface area contributed by atoms with Gasteiger partial charge in [0.05, 0.1) is 18.2 Å². The van der Waals surface area contributed by atoms with Gasteiger partial charge in [-0.3, -0.25) is 14.2 Å². The minimum Gasteiger partial charge on any atom is -0.497 e. The van der Waals surface area contributed by atoms with Crippen LogP contribution in [0.25, 0.3) is 10.9 Å². The number of aryl methyl sites for hydroxylation is 1. The monoisotopic (exact) mass is 350 g/mol. The van der Waals surface area contributed by atoms with Crippen LogP contribution in [-0.2, 0) is 6.42 Å². The van der Waals surface area contributed by atoms with Crippen LogP contribution in [0, 0.1) is 0 Å². The summed E-state index contributed by atoms with van der Waals surface area (Å²) in [6.07, 6.45) is 3.35. The van der Waals surface area contributed by atoms with Crippen LogP contribution in [0.2, 0.25) is 0 Å². The maximum atomic E-state index is 12.6. The number of carbonyl (C=O) groups is 2. The van der Waals surface area contributed by atoms with Crippen LogP contribution in [0.1, 0.15) is 34.1 Å². The zero-order valence-corrected chi connectivity index (χ0v) is 15.0. The predicted molar refractivity (Wildman–Crippen MR) is 102 cm³/mol. The van der Waals surface area contributed by atoms with Gasteiger partial charge in [0.15, 0.2) is 0 Å². The van der Waals surface area contributed by atoms with E-state index in [1.807, 2.05) is 18.2 Å². The molecule has 0 fully saturated rings. The molecule has 0 aliphatic rings. The third kappa shape index (κ3) is 3.77. The van der Waals surface area contributed by atoms with Gasteiger partial charge < -0.3 is 10.1 Å². The highest BCUT2D eigenvalue weighted by Gasteiger charge is 2.17. The SMILES string of the molecule is COc1ccc2c(c1)c(C(=O)NCCCc1ccccc1)cn2C(C)=O. The van der Waals surface area contributed by atoms with Gasteiger partial charge in [0.2, 0.25) is 5.91 Å². The average molecular weight is 350 g/mol. The van der Waals surface area contributed by atoms with E-state index < -0.39 is 0 Å². The Morgan fingerprint density at radius 3 is 2.58 bits per heavy atom. The second-order valence-corrected chi connectivity index (χ2v) is 6.16. The number of ether oxygens (including phenoxy) is 1. The number of fused-ring (bicyclic) bond motifs is 1. The fourth-order valence-electron chi connectivity index (χ4n) is 3.01. The van der Waals surface area contributed by atoms with Crippen molar-refractivity contribution >= 4 is 22.7 Å². The van der Waals surface area contributed by atoms with E-state index in [1.165, 1.54) is 17.1 Å². The molecule has 1 aromatic heterocycles. The first kappa shape index (κ1) is 17.7. The molecule has 0 unspecified atom stereocenters. The molecule has 0 bridgehead atoms. The number of aromatic nitrogens is 1. The number of methoxy groups -OCH3 is 1. The highest BCUT2D eigenvalue weighted by atomic mass is 16.5. The molecule has 0 atom stereocenters. The van der Waals surface area contributed by atoms with E-state index in [0.29, 0.717) is 28.8 Å². The van der Waals surface area contributed by atoms with Crippen LogP contribution in [0.4, 0.5) is 0 Å². The largest absolute Gasteiger partial charge is 0.497 e. The lowest BCUT2D eigenvalue weighted by Gasteiger charge is -2.05. The van der Waals surface area contributed by atoms with Gasteiger partial charge in [0.1, 0.15) is 5.75 Å². The molecule has 0 saturated carbocycles. The van der Waals surface area contributed by atoms with Crippen molar-refractivity contribution in [2.24, 2.45) is 0 Å². The Morgan fingerprint density at radius 1 is 1.12 bits per heavy atom. The van der Waals surface area contributed by atoms with E-state index in [2.05, 4.69) is 17.4 Å². The molecular formula is C21H22N2O3. The zero-order valence-electron chi connectivity index (χ0n) is 15.0. The first-order valence-electron chi connectivity index (χ1n) is 8.62. The lowest BCUT2D eigenvalue weighted by molar-refractivity contribution is 0.0941. The molecule has 1 N–H and O–H groups in total. The van der Waals surface area contributed by atoms with Crippen LogP contribution in [0.15, 0.2) is 54.7 Å². The third-order valence-electron chi connectivity index (χ3n) is 4.37. The maximum Gasteiger partial charge on any atom is 0.253 e. The number of carbonyl (C=O) groups excluding carboxylic acids is 2. The number of rotatable bonds is 6. The van der Waals surface area contributed by atoms with Crippen molar-refractivity contribution in [3.8, 4) is 5.75 Å². The lowest BCUT2D eigenvalue weighted by Crippen LogP contribution is -2.24. The number of nitrogens with one attached hydrogen (secondary N) is 1. The zero-order chi connectivity index (χ0) is 18.5. The molecule has 3 rings (SSSR count). The van der Waals surface area contributed by atoms with Gasteiger partial charge in [-0.2, -0.15) is 0 Å². The summed E-state index contributed by atoms with van der Waals surface area (Å²) in [4.78, 5) is 24.5. The van der Waals surface area contributed by atoms with Crippen LogP contribution in [-0.4, -0.2) is 30.0 Å². The van der Waals surface area contributed by atoms with Crippen molar-refractivity contribution in [3.05, 3.63) is 65.9 Å². The van der Waals surface area contributed by atoms with Crippen molar-refractivity contribution in [3.63, 3.8) is 0 Å². The van der Waals surface area contributed by atoms with Crippen molar-refractivity contribution in [1.82, 2.24) is 9.88 Å². The molecule has 2 aromatic carbocycles. The Kier molecular flexibility index (Phi) is 5.37. The van der Waals surface area contributed by atoms with Crippen LogP contribution < -0.4 is 10.1 Å². The summed E-state index contributed by atoms with van der Waals surface area (Å²) in [7, 11) is 1.58. The number of benzene rings is 2. The predicted octanol–water partition coefficient (Wildman–Crippen LogP) is 3.67. The molecule has 5 heteroatoms. The highest BCUT2D eigenvalue weighted by Crippen LogP contribution is 2.26. The van der Waals surface area contributed by atoms with Crippen molar-refractivity contribution in [1.29, 1.82) is 0 Å². The van der Waals surface area contributed by atoms with E-state index in [1.54, 1.807) is 31.5 Å². The summed E-state index contributed by atoms with van der Waals surface area (Å²) in [6, 6.07) is 15.5. The van der Waals surface area contributed by atoms with Gasteiger partial charge in [-0.15, -0.1) is 0 Å². The second-order valence-electron chi connectivity index (χ2n) is 6.16. The van der Waals surface area contributed by atoms with Crippen LogP contribution in [0.3, 0.4) is 0 Å². The minimum absolute atomic E-state index is 0.136. The van der Waals surface area contributed by atoms with Gasteiger partial charge in [0, 0.05) is 25.1 Å². The van der Waals surface area contributed by atoms with Crippen molar-refractivity contribution < 1.29 is 14.3 Å². The molecule has 1 heterocycles. The topological polar surface area (TPSA) is 60.3 Å². The smallest absolute Gasteiger partial charge is 0.253 e. The summed E-state index contributed by atoms with van der Waals surface area (Å²) in [5.41, 5.74) is 2.43. The number of hydrogen-bond donors (Lipinski definition) is 1. The van der Waals surface area contributed by atoms with Crippen LogP contribution >= 0.6 is 0 Å². The third-order valence-corrected chi connectivity index (χ3v) is 4.37. The molecule has 0 radical (unpaired) electrons.